The Morgan fingerprint density at radius 3 is 2.12 bits per heavy atom. The number of methoxy groups -OCH3 is 1. The van der Waals surface area contributed by atoms with Gasteiger partial charge in [-0.15, -0.1) is 0 Å². The van der Waals surface area contributed by atoms with E-state index in [9.17, 15) is 4.79 Å². The van der Waals surface area contributed by atoms with Crippen LogP contribution in [0.15, 0.2) is 91.0 Å². The van der Waals surface area contributed by atoms with Gasteiger partial charge in [0.1, 0.15) is 23.9 Å². The molecule has 1 unspecified atom stereocenters. The molecule has 5 nitrogen and oxygen atoms in total. The van der Waals surface area contributed by atoms with E-state index in [1.54, 1.807) is 7.11 Å². The second-order valence-corrected chi connectivity index (χ2v) is 8.45. The minimum absolute atomic E-state index is 0.0108. The van der Waals surface area contributed by atoms with Crippen LogP contribution in [0.3, 0.4) is 0 Å². The maximum atomic E-state index is 13.0. The van der Waals surface area contributed by atoms with Gasteiger partial charge in [-0.1, -0.05) is 66.7 Å². The molecule has 1 amide bonds. The summed E-state index contributed by atoms with van der Waals surface area (Å²) in [5.41, 5.74) is 6.51. The number of alkyl carbamates (subject to hydrolysis) is 1. The number of carbonyl (C=O) groups excluding carboxylic acids is 1. The molecule has 2 aliphatic rings. The van der Waals surface area contributed by atoms with Crippen molar-refractivity contribution in [1.29, 1.82) is 0 Å². The number of hydrogen-bond donors (Lipinski definition) is 1. The van der Waals surface area contributed by atoms with Crippen LogP contribution in [0.2, 0.25) is 0 Å². The van der Waals surface area contributed by atoms with E-state index >= 15 is 0 Å². The van der Waals surface area contributed by atoms with Crippen molar-refractivity contribution in [2.45, 2.75) is 12.0 Å². The first kappa shape index (κ1) is 20.4. The molecule has 0 radical (unpaired) electrons. The van der Waals surface area contributed by atoms with E-state index < -0.39 is 6.09 Å². The van der Waals surface area contributed by atoms with Gasteiger partial charge in [0.2, 0.25) is 0 Å². The van der Waals surface area contributed by atoms with Crippen molar-refractivity contribution >= 4 is 6.09 Å². The van der Waals surface area contributed by atoms with E-state index in [1.165, 1.54) is 22.3 Å². The Kier molecular flexibility index (Phi) is 4.95. The molecule has 0 spiro atoms. The van der Waals surface area contributed by atoms with Gasteiger partial charge in [0.15, 0.2) is 0 Å². The highest BCUT2D eigenvalue weighted by Gasteiger charge is 2.31. The summed E-state index contributed by atoms with van der Waals surface area (Å²) >= 11 is 0. The summed E-state index contributed by atoms with van der Waals surface area (Å²) in [5, 5.41) is 3.06. The van der Waals surface area contributed by atoms with Crippen LogP contribution in [-0.4, -0.2) is 19.8 Å². The molecule has 0 aromatic heterocycles. The van der Waals surface area contributed by atoms with Crippen LogP contribution in [0.5, 0.6) is 17.2 Å². The molecule has 1 aliphatic carbocycles. The molecule has 34 heavy (non-hydrogen) atoms. The molecule has 5 heteroatoms. The van der Waals surface area contributed by atoms with Crippen LogP contribution in [-0.2, 0) is 4.74 Å². The fourth-order valence-electron chi connectivity index (χ4n) is 4.98. The summed E-state index contributed by atoms with van der Waals surface area (Å²) in [6.07, 6.45) is -0.467. The first-order valence-electron chi connectivity index (χ1n) is 11.3. The third kappa shape index (κ3) is 3.37. The summed E-state index contributed by atoms with van der Waals surface area (Å²) < 4.78 is 17.2. The summed E-state index contributed by atoms with van der Waals surface area (Å²) in [6, 6.07) is 29.5. The molecule has 0 fully saturated rings. The predicted molar refractivity (Wildman–Crippen MR) is 130 cm³/mol. The van der Waals surface area contributed by atoms with Crippen molar-refractivity contribution in [2.75, 3.05) is 13.7 Å². The van der Waals surface area contributed by atoms with Gasteiger partial charge in [-0.2, -0.15) is 0 Å². The standard InChI is InChI=1S/C29H23NO4/c1-32-18-14-15-24-27(16-18)34-26-13-7-6-12-23(26)28(24)30-29(31)33-17-25-21-10-4-2-8-19(21)20-9-3-5-11-22(20)25/h2-16,25,28H,17H2,1H3,(H,30,31). The maximum absolute atomic E-state index is 13.0. The number of fused-ring (bicyclic) bond motifs is 5. The average molecular weight is 450 g/mol. The zero-order valence-electron chi connectivity index (χ0n) is 18.7. The fraction of sp³-hybridized carbons (Fsp3) is 0.138. The molecular formula is C29H23NO4. The predicted octanol–water partition coefficient (Wildman–Crippen LogP) is 6.43. The van der Waals surface area contributed by atoms with Gasteiger partial charge in [0.05, 0.1) is 13.2 Å². The van der Waals surface area contributed by atoms with Crippen molar-refractivity contribution in [3.05, 3.63) is 113 Å². The Labute approximate surface area is 197 Å². The van der Waals surface area contributed by atoms with Gasteiger partial charge in [-0.3, -0.25) is 0 Å². The van der Waals surface area contributed by atoms with Gasteiger partial charge >= 0.3 is 6.09 Å². The Bertz CT molecular complexity index is 1350. The number of nitrogens with one attached hydrogen (secondary N) is 1. The Morgan fingerprint density at radius 1 is 0.794 bits per heavy atom. The minimum Gasteiger partial charge on any atom is -0.497 e. The zero-order valence-corrected chi connectivity index (χ0v) is 18.7. The van der Waals surface area contributed by atoms with E-state index in [4.69, 9.17) is 14.2 Å². The number of hydrogen-bond acceptors (Lipinski definition) is 4. The molecule has 0 saturated heterocycles. The van der Waals surface area contributed by atoms with Gasteiger partial charge < -0.3 is 19.5 Å². The second kappa shape index (κ2) is 8.27. The molecular weight excluding hydrogens is 426 g/mol. The highest BCUT2D eigenvalue weighted by Crippen LogP contribution is 2.45. The van der Waals surface area contributed by atoms with Gasteiger partial charge in [0, 0.05) is 23.1 Å². The maximum Gasteiger partial charge on any atom is 0.407 e. The summed E-state index contributed by atoms with van der Waals surface area (Å²) in [5.74, 6) is 2.06. The molecule has 0 bridgehead atoms. The van der Waals surface area contributed by atoms with Crippen molar-refractivity contribution in [3.8, 4) is 28.4 Å². The molecule has 4 aromatic carbocycles. The molecule has 1 atom stereocenters. The van der Waals surface area contributed by atoms with Gasteiger partial charge in [-0.25, -0.2) is 4.79 Å². The third-order valence-corrected chi connectivity index (χ3v) is 6.59. The lowest BCUT2D eigenvalue weighted by molar-refractivity contribution is 0.140. The molecule has 1 aliphatic heterocycles. The lowest BCUT2D eigenvalue weighted by Crippen LogP contribution is -2.32. The topological polar surface area (TPSA) is 56.8 Å². The molecule has 168 valence electrons. The molecule has 1 N–H and O–H groups in total. The van der Waals surface area contributed by atoms with Crippen molar-refractivity contribution < 1.29 is 19.0 Å². The molecule has 6 rings (SSSR count). The summed E-state index contributed by atoms with van der Waals surface area (Å²) in [4.78, 5) is 13.0. The van der Waals surface area contributed by atoms with Crippen LogP contribution >= 0.6 is 0 Å². The van der Waals surface area contributed by atoms with Crippen LogP contribution in [0.4, 0.5) is 4.79 Å². The van der Waals surface area contributed by atoms with E-state index in [0.717, 1.165) is 11.1 Å². The van der Waals surface area contributed by atoms with Crippen molar-refractivity contribution in [2.24, 2.45) is 0 Å². The van der Waals surface area contributed by atoms with E-state index in [2.05, 4.69) is 29.6 Å². The lowest BCUT2D eigenvalue weighted by atomic mass is 9.94. The van der Waals surface area contributed by atoms with E-state index in [-0.39, 0.29) is 18.6 Å². The Balaban J connectivity index is 1.25. The van der Waals surface area contributed by atoms with E-state index in [1.807, 2.05) is 66.7 Å². The van der Waals surface area contributed by atoms with Gasteiger partial charge in [-0.05, 0) is 40.5 Å². The first-order valence-corrected chi connectivity index (χ1v) is 11.3. The summed E-state index contributed by atoms with van der Waals surface area (Å²) in [6.45, 7) is 0.264. The number of carbonyl (C=O) groups is 1. The smallest absolute Gasteiger partial charge is 0.407 e. The summed E-state index contributed by atoms with van der Waals surface area (Å²) in [7, 11) is 1.62. The number of ether oxygens (including phenoxy) is 3. The quantitative estimate of drug-likeness (QED) is 0.390. The van der Waals surface area contributed by atoms with Crippen LogP contribution < -0.4 is 14.8 Å². The van der Waals surface area contributed by atoms with Crippen molar-refractivity contribution in [3.63, 3.8) is 0 Å². The SMILES string of the molecule is COc1ccc2c(c1)Oc1ccccc1C2NC(=O)OCC1c2ccccc2-c2ccccc21. The fourth-order valence-corrected chi connectivity index (χ4v) is 4.98. The minimum atomic E-state index is -0.467. The molecule has 4 aromatic rings. The van der Waals surface area contributed by atoms with Crippen molar-refractivity contribution in [1.82, 2.24) is 5.32 Å². The molecule has 0 saturated carbocycles. The number of amides is 1. The van der Waals surface area contributed by atoms with Gasteiger partial charge in [0.25, 0.3) is 0 Å². The Hall–Kier alpha value is -4.25. The van der Waals surface area contributed by atoms with Crippen LogP contribution in [0, 0.1) is 0 Å². The largest absolute Gasteiger partial charge is 0.497 e. The number of para-hydroxylation sites is 1. The number of rotatable bonds is 4. The highest BCUT2D eigenvalue weighted by molar-refractivity contribution is 5.79. The normalized spacial score (nSPS) is 15.3. The van der Waals surface area contributed by atoms with Crippen LogP contribution in [0.25, 0.3) is 11.1 Å². The second-order valence-electron chi connectivity index (χ2n) is 8.45. The monoisotopic (exact) mass is 449 g/mol. The highest BCUT2D eigenvalue weighted by atomic mass is 16.5. The zero-order chi connectivity index (χ0) is 23.1. The number of benzene rings is 4. The van der Waals surface area contributed by atoms with Crippen LogP contribution in [0.1, 0.15) is 34.2 Å². The lowest BCUT2D eigenvalue weighted by Gasteiger charge is -2.29. The Morgan fingerprint density at radius 2 is 1.41 bits per heavy atom. The average Bonchev–Trinajstić information content (AvgIpc) is 3.20. The molecule has 1 heterocycles. The van der Waals surface area contributed by atoms with E-state index in [0.29, 0.717) is 17.2 Å². The third-order valence-electron chi connectivity index (χ3n) is 6.59. The first-order chi connectivity index (χ1) is 16.7.